The first-order valence-electron chi connectivity index (χ1n) is 19.1. The van der Waals surface area contributed by atoms with Crippen molar-refractivity contribution in [3.8, 4) is 0 Å². The molecule has 0 spiro atoms. The van der Waals surface area contributed by atoms with E-state index >= 15 is 0 Å². The quantitative estimate of drug-likeness (QED) is 0.0381. The van der Waals surface area contributed by atoms with Gasteiger partial charge in [0.25, 0.3) is 0 Å². The summed E-state index contributed by atoms with van der Waals surface area (Å²) in [4.78, 5) is 12.4. The normalized spacial score (nSPS) is 23.1. The van der Waals surface area contributed by atoms with E-state index < -0.39 is 49.5 Å². The summed E-state index contributed by atoms with van der Waals surface area (Å²) in [6.45, 7) is 3.49. The fourth-order valence-electron chi connectivity index (χ4n) is 5.85. The Morgan fingerprint density at radius 3 is 1.77 bits per heavy atom. The summed E-state index contributed by atoms with van der Waals surface area (Å²) in [5, 5.41) is 53.2. The minimum Gasteiger partial charge on any atom is -0.394 e. The van der Waals surface area contributed by atoms with Gasteiger partial charge in [-0.25, -0.2) is 0 Å². The van der Waals surface area contributed by atoms with Crippen molar-refractivity contribution in [2.75, 3.05) is 13.2 Å². The molecule has 0 bridgehead atoms. The summed E-state index contributed by atoms with van der Waals surface area (Å²) in [7, 11) is 0. The molecule has 1 heterocycles. The van der Waals surface area contributed by atoms with E-state index in [1.54, 1.807) is 6.08 Å². The zero-order valence-corrected chi connectivity index (χ0v) is 29.8. The van der Waals surface area contributed by atoms with Gasteiger partial charge in [-0.05, 0) is 32.1 Å². The highest BCUT2D eigenvalue weighted by molar-refractivity contribution is 5.76. The molecule has 1 saturated heterocycles. The Balaban J connectivity index is 2.21. The van der Waals surface area contributed by atoms with Crippen LogP contribution < -0.4 is 5.32 Å². The number of aliphatic hydroxyl groups is 5. The van der Waals surface area contributed by atoms with Gasteiger partial charge in [0.1, 0.15) is 24.4 Å². The number of carbonyl (C=O) groups excluding carboxylic acids is 1. The SMILES string of the molecule is CCCCCCCCCCCCCCCCCC/C=C/CC/C=C/C(O)C(COC1OC(CO)C(O)C(O)C1O)NC(=O)CCCC. The van der Waals surface area contributed by atoms with Crippen molar-refractivity contribution in [1.82, 2.24) is 5.32 Å². The largest absolute Gasteiger partial charge is 0.394 e. The first-order valence-corrected chi connectivity index (χ1v) is 19.1. The van der Waals surface area contributed by atoms with Crippen LogP contribution in [0.15, 0.2) is 24.3 Å². The summed E-state index contributed by atoms with van der Waals surface area (Å²) < 4.78 is 11.0. The van der Waals surface area contributed by atoms with E-state index in [0.29, 0.717) is 12.8 Å². The second kappa shape index (κ2) is 29.6. The highest BCUT2D eigenvalue weighted by Gasteiger charge is 2.44. The molecule has 1 aliphatic rings. The van der Waals surface area contributed by atoms with Gasteiger partial charge in [0.05, 0.1) is 25.4 Å². The van der Waals surface area contributed by atoms with Gasteiger partial charge < -0.3 is 40.3 Å². The highest BCUT2D eigenvalue weighted by Crippen LogP contribution is 2.22. The predicted molar refractivity (Wildman–Crippen MR) is 189 cm³/mol. The molecule has 0 aliphatic carbocycles. The van der Waals surface area contributed by atoms with Crippen molar-refractivity contribution in [3.63, 3.8) is 0 Å². The van der Waals surface area contributed by atoms with Crippen molar-refractivity contribution in [2.45, 2.75) is 198 Å². The first kappa shape index (κ1) is 43.7. The molecule has 0 saturated carbocycles. The van der Waals surface area contributed by atoms with E-state index in [9.17, 15) is 30.3 Å². The van der Waals surface area contributed by atoms with Gasteiger partial charge in [-0.1, -0.05) is 141 Å². The number of aliphatic hydroxyl groups excluding tert-OH is 5. The van der Waals surface area contributed by atoms with E-state index in [1.165, 1.54) is 103 Å². The zero-order valence-electron chi connectivity index (χ0n) is 29.8. The molecule has 0 aromatic carbocycles. The average molecular weight is 670 g/mol. The number of carbonyl (C=O) groups is 1. The number of nitrogens with one attached hydrogen (secondary N) is 1. The number of ether oxygens (including phenoxy) is 2. The van der Waals surface area contributed by atoms with Gasteiger partial charge in [-0.3, -0.25) is 4.79 Å². The lowest BCUT2D eigenvalue weighted by Gasteiger charge is -2.40. The molecule has 1 amide bonds. The van der Waals surface area contributed by atoms with Crippen LogP contribution >= 0.6 is 0 Å². The third kappa shape index (κ3) is 21.4. The van der Waals surface area contributed by atoms with E-state index in [4.69, 9.17) is 9.47 Å². The molecule has 1 aliphatic heterocycles. The number of rotatable bonds is 30. The minimum atomic E-state index is -1.56. The van der Waals surface area contributed by atoms with Crippen molar-refractivity contribution in [3.05, 3.63) is 24.3 Å². The number of allylic oxidation sites excluding steroid dienone is 3. The fourth-order valence-corrected chi connectivity index (χ4v) is 5.85. The van der Waals surface area contributed by atoms with Gasteiger partial charge in [-0.15, -0.1) is 0 Å². The molecular weight excluding hydrogens is 598 g/mol. The topological polar surface area (TPSA) is 149 Å². The van der Waals surface area contributed by atoms with E-state index in [1.807, 2.05) is 13.0 Å². The lowest BCUT2D eigenvalue weighted by Crippen LogP contribution is -2.60. The summed E-state index contributed by atoms with van der Waals surface area (Å²) in [5.41, 5.74) is 0. The first-order chi connectivity index (χ1) is 22.8. The average Bonchev–Trinajstić information content (AvgIpc) is 3.07. The molecule has 9 heteroatoms. The second-order valence-corrected chi connectivity index (χ2v) is 13.4. The molecule has 1 rings (SSSR count). The number of amides is 1. The van der Waals surface area contributed by atoms with E-state index in [2.05, 4.69) is 24.4 Å². The van der Waals surface area contributed by atoms with Crippen LogP contribution in [0.3, 0.4) is 0 Å². The maximum atomic E-state index is 12.4. The summed E-state index contributed by atoms with van der Waals surface area (Å²) in [6.07, 6.45) is 26.4. The van der Waals surface area contributed by atoms with Crippen LogP contribution in [0.4, 0.5) is 0 Å². The molecule has 0 aromatic rings. The van der Waals surface area contributed by atoms with Crippen molar-refractivity contribution < 1.29 is 39.8 Å². The molecule has 7 unspecified atom stereocenters. The smallest absolute Gasteiger partial charge is 0.220 e. The van der Waals surface area contributed by atoms with Gasteiger partial charge in [0.2, 0.25) is 5.91 Å². The van der Waals surface area contributed by atoms with Gasteiger partial charge in [0.15, 0.2) is 6.29 Å². The van der Waals surface area contributed by atoms with Crippen LogP contribution in [0.25, 0.3) is 0 Å². The third-order valence-corrected chi connectivity index (χ3v) is 9.03. The van der Waals surface area contributed by atoms with Crippen LogP contribution in [-0.2, 0) is 14.3 Å². The minimum absolute atomic E-state index is 0.203. The molecule has 6 N–H and O–H groups in total. The van der Waals surface area contributed by atoms with Crippen molar-refractivity contribution in [2.24, 2.45) is 0 Å². The Labute approximate surface area is 286 Å². The highest BCUT2D eigenvalue weighted by atomic mass is 16.7. The van der Waals surface area contributed by atoms with Gasteiger partial charge in [-0.2, -0.15) is 0 Å². The summed E-state index contributed by atoms with van der Waals surface area (Å²) in [6, 6.07) is -0.812. The molecule has 0 radical (unpaired) electrons. The molecule has 1 fully saturated rings. The van der Waals surface area contributed by atoms with Crippen molar-refractivity contribution >= 4 is 5.91 Å². The fraction of sp³-hybridized carbons (Fsp3) is 0.868. The Hall–Kier alpha value is -1.33. The number of hydrogen-bond acceptors (Lipinski definition) is 8. The van der Waals surface area contributed by atoms with Gasteiger partial charge >= 0.3 is 0 Å². The second-order valence-electron chi connectivity index (χ2n) is 13.4. The molecule has 0 aromatic heterocycles. The third-order valence-electron chi connectivity index (χ3n) is 9.03. The molecular formula is C38H71NO8. The predicted octanol–water partition coefficient (Wildman–Crippen LogP) is 6.38. The number of unbranched alkanes of at least 4 members (excludes halogenated alkanes) is 18. The van der Waals surface area contributed by atoms with Gasteiger partial charge in [0, 0.05) is 6.42 Å². The van der Waals surface area contributed by atoms with Crippen LogP contribution in [-0.4, -0.2) is 87.5 Å². The molecule has 276 valence electrons. The Morgan fingerprint density at radius 2 is 1.21 bits per heavy atom. The Kier molecular flexibility index (Phi) is 27.5. The van der Waals surface area contributed by atoms with Crippen molar-refractivity contribution in [1.29, 1.82) is 0 Å². The van der Waals surface area contributed by atoms with Crippen LogP contribution in [0.5, 0.6) is 0 Å². The Bertz CT molecular complexity index is 792. The lowest BCUT2D eigenvalue weighted by molar-refractivity contribution is -0.302. The summed E-state index contributed by atoms with van der Waals surface area (Å²) >= 11 is 0. The molecule has 9 nitrogen and oxygen atoms in total. The van der Waals surface area contributed by atoms with Crippen LogP contribution in [0.2, 0.25) is 0 Å². The monoisotopic (exact) mass is 670 g/mol. The maximum Gasteiger partial charge on any atom is 0.220 e. The molecule has 47 heavy (non-hydrogen) atoms. The van der Waals surface area contributed by atoms with E-state index in [-0.39, 0.29) is 12.5 Å². The van der Waals surface area contributed by atoms with Crippen LogP contribution in [0.1, 0.15) is 155 Å². The van der Waals surface area contributed by atoms with E-state index in [0.717, 1.165) is 25.7 Å². The maximum absolute atomic E-state index is 12.4. The lowest BCUT2D eigenvalue weighted by atomic mass is 9.99. The number of hydrogen-bond donors (Lipinski definition) is 6. The Morgan fingerprint density at radius 1 is 0.702 bits per heavy atom. The zero-order chi connectivity index (χ0) is 34.5. The van der Waals surface area contributed by atoms with Crippen LogP contribution in [0, 0.1) is 0 Å². The standard InChI is InChI=1S/C38H71NO8/c1-3-5-7-8-9-10-11-12-13-14-15-16-17-18-19-20-21-22-23-24-25-26-27-32(41)31(39-34(42)28-6-4-2)30-46-38-37(45)36(44)35(43)33(29-40)47-38/h22-23,26-27,31-33,35-38,40-41,43-45H,3-21,24-25,28-30H2,1-2H3,(H,39,42)/b23-22+,27-26+. The summed E-state index contributed by atoms with van der Waals surface area (Å²) in [5.74, 6) is -0.223. The molecule has 7 atom stereocenters.